The van der Waals surface area contributed by atoms with Crippen LogP contribution in [0.4, 0.5) is 0 Å². The summed E-state index contributed by atoms with van der Waals surface area (Å²) in [5.41, 5.74) is 1.26. The molecule has 2 atom stereocenters. The largest absolute Gasteiger partial charge is 0.162 e. The molecule has 0 aromatic heterocycles. The van der Waals surface area contributed by atoms with Crippen LogP contribution >= 0.6 is 11.8 Å². The van der Waals surface area contributed by atoms with Gasteiger partial charge in [0.05, 0.1) is 0 Å². The van der Waals surface area contributed by atoms with E-state index in [0.717, 1.165) is 5.25 Å². The molecule has 0 spiro atoms. The maximum atomic E-state index is 2.47. The molecule has 0 amide bonds. The van der Waals surface area contributed by atoms with Crippen LogP contribution < -0.4 is 0 Å². The highest BCUT2D eigenvalue weighted by molar-refractivity contribution is 7.99. The first-order chi connectivity index (χ1) is 5.96. The van der Waals surface area contributed by atoms with E-state index in [1.807, 2.05) is 11.8 Å². The van der Waals surface area contributed by atoms with Crippen molar-refractivity contribution in [2.24, 2.45) is 10.8 Å². The maximum absolute atomic E-state index is 2.47. The lowest BCUT2D eigenvalue weighted by molar-refractivity contribution is 0.226. The number of rotatable bonds is 5. The summed E-state index contributed by atoms with van der Waals surface area (Å²) in [6.07, 6.45) is 7.92. The maximum Gasteiger partial charge on any atom is 0.00698 e. The lowest BCUT2D eigenvalue weighted by Crippen LogP contribution is -2.29. The molecule has 0 aromatic carbocycles. The van der Waals surface area contributed by atoms with Gasteiger partial charge in [-0.2, -0.15) is 11.8 Å². The third-order valence-electron chi connectivity index (χ3n) is 4.08. The second-order valence-electron chi connectivity index (χ2n) is 5.37. The number of hydrogen-bond acceptors (Lipinski definition) is 1. The molecule has 0 nitrogen and oxygen atoms in total. The summed E-state index contributed by atoms with van der Waals surface area (Å²) >= 11 is 2.02. The minimum absolute atomic E-state index is 0.560. The molecule has 1 unspecified atom stereocenters. The Kier molecular flexibility index (Phi) is 3.38. The van der Waals surface area contributed by atoms with E-state index in [-0.39, 0.29) is 0 Å². The van der Waals surface area contributed by atoms with Crippen molar-refractivity contribution >= 4 is 11.8 Å². The lowest BCUT2D eigenvalue weighted by Gasteiger charge is -2.36. The molecule has 0 heterocycles. The Hall–Kier alpha value is 0.350. The van der Waals surface area contributed by atoms with E-state index in [1.54, 1.807) is 0 Å². The molecule has 0 aliphatic heterocycles. The first-order valence-corrected chi connectivity index (χ1v) is 6.77. The summed E-state index contributed by atoms with van der Waals surface area (Å²) in [6, 6.07) is 0. The molecule has 0 saturated heterocycles. The predicted octanol–water partition coefficient (Wildman–Crippen LogP) is 4.34. The van der Waals surface area contributed by atoms with Crippen molar-refractivity contribution in [1.29, 1.82) is 0 Å². The number of hydrogen-bond donors (Lipinski definition) is 0. The van der Waals surface area contributed by atoms with Gasteiger partial charge in [0.2, 0.25) is 0 Å². The third kappa shape index (κ3) is 2.65. The quantitative estimate of drug-likeness (QED) is 0.636. The highest BCUT2D eigenvalue weighted by Crippen LogP contribution is 2.55. The Morgan fingerprint density at radius 2 is 2.00 bits per heavy atom. The molecule has 13 heavy (non-hydrogen) atoms. The Labute approximate surface area is 87.9 Å². The topological polar surface area (TPSA) is 0 Å². The van der Waals surface area contributed by atoms with Crippen LogP contribution in [-0.4, -0.2) is 11.5 Å². The van der Waals surface area contributed by atoms with Crippen molar-refractivity contribution in [2.45, 2.75) is 58.6 Å². The average molecular weight is 200 g/mol. The smallest absolute Gasteiger partial charge is 0.00698 e. The molecule has 78 valence electrons. The third-order valence-corrected chi connectivity index (χ3v) is 5.35. The van der Waals surface area contributed by atoms with Crippen molar-refractivity contribution in [3.05, 3.63) is 0 Å². The van der Waals surface area contributed by atoms with Gasteiger partial charge in [0.1, 0.15) is 0 Å². The molecule has 0 bridgehead atoms. The van der Waals surface area contributed by atoms with Crippen molar-refractivity contribution in [3.63, 3.8) is 0 Å². The van der Waals surface area contributed by atoms with Crippen LogP contribution in [0.15, 0.2) is 0 Å². The van der Waals surface area contributed by atoms with Gasteiger partial charge < -0.3 is 0 Å². The van der Waals surface area contributed by atoms with Gasteiger partial charge in [0, 0.05) is 5.25 Å². The number of thioether (sulfide) groups is 1. The van der Waals surface area contributed by atoms with E-state index in [0.29, 0.717) is 10.8 Å². The molecule has 1 aliphatic rings. The zero-order chi connectivity index (χ0) is 10.1. The van der Waals surface area contributed by atoms with Crippen LogP contribution in [0.5, 0.6) is 0 Å². The summed E-state index contributed by atoms with van der Waals surface area (Å²) in [4.78, 5) is 0. The summed E-state index contributed by atoms with van der Waals surface area (Å²) in [5.74, 6) is 0. The minimum atomic E-state index is 0.560. The van der Waals surface area contributed by atoms with Crippen LogP contribution in [0, 0.1) is 10.8 Å². The van der Waals surface area contributed by atoms with E-state index in [2.05, 4.69) is 34.0 Å². The van der Waals surface area contributed by atoms with Crippen LogP contribution in [0.1, 0.15) is 53.4 Å². The Bertz CT molecular complexity index is 172. The van der Waals surface area contributed by atoms with Crippen molar-refractivity contribution in [3.8, 4) is 0 Å². The molecule has 1 heteroatoms. The molecular weight excluding hydrogens is 176 g/mol. The van der Waals surface area contributed by atoms with Crippen molar-refractivity contribution in [2.75, 3.05) is 6.26 Å². The van der Waals surface area contributed by atoms with E-state index in [4.69, 9.17) is 0 Å². The standard InChI is InChI=1S/C12H24S/c1-6-12(4,10(2)13-5)9-11(3)7-8-11/h10H,6-9H2,1-5H3/t10-,12?/m1/s1. The fourth-order valence-corrected chi connectivity index (χ4v) is 3.02. The van der Waals surface area contributed by atoms with Gasteiger partial charge in [0.25, 0.3) is 0 Å². The Morgan fingerprint density at radius 3 is 2.31 bits per heavy atom. The van der Waals surface area contributed by atoms with E-state index in [9.17, 15) is 0 Å². The zero-order valence-electron chi connectivity index (χ0n) is 9.81. The van der Waals surface area contributed by atoms with Crippen LogP contribution in [-0.2, 0) is 0 Å². The Balaban J connectivity index is 2.57. The second-order valence-corrected chi connectivity index (χ2v) is 6.55. The molecule has 0 radical (unpaired) electrons. The monoisotopic (exact) mass is 200 g/mol. The molecule has 1 saturated carbocycles. The van der Waals surface area contributed by atoms with Gasteiger partial charge in [-0.15, -0.1) is 0 Å². The molecule has 1 rings (SSSR count). The molecule has 1 aliphatic carbocycles. The lowest BCUT2D eigenvalue weighted by atomic mass is 9.75. The van der Waals surface area contributed by atoms with Gasteiger partial charge in [-0.05, 0) is 42.8 Å². The molecule has 1 fully saturated rings. The summed E-state index contributed by atoms with van der Waals surface area (Å²) in [6.45, 7) is 9.66. The average Bonchev–Trinajstić information content (AvgIpc) is 2.81. The first-order valence-electron chi connectivity index (χ1n) is 5.48. The van der Waals surface area contributed by atoms with Gasteiger partial charge in [-0.3, -0.25) is 0 Å². The highest BCUT2D eigenvalue weighted by atomic mass is 32.2. The first kappa shape index (κ1) is 11.4. The van der Waals surface area contributed by atoms with E-state index in [1.165, 1.54) is 25.7 Å². The molecule has 0 aromatic rings. The zero-order valence-corrected chi connectivity index (χ0v) is 10.6. The summed E-state index contributed by atoms with van der Waals surface area (Å²) in [5, 5.41) is 0.801. The fourth-order valence-electron chi connectivity index (χ4n) is 2.21. The predicted molar refractivity (Wildman–Crippen MR) is 63.3 cm³/mol. The van der Waals surface area contributed by atoms with E-state index >= 15 is 0 Å². The normalized spacial score (nSPS) is 26.5. The molecule has 0 N–H and O–H groups in total. The Morgan fingerprint density at radius 1 is 1.46 bits per heavy atom. The van der Waals surface area contributed by atoms with Gasteiger partial charge in [-0.1, -0.05) is 27.7 Å². The van der Waals surface area contributed by atoms with Crippen molar-refractivity contribution < 1.29 is 0 Å². The van der Waals surface area contributed by atoms with Gasteiger partial charge >= 0.3 is 0 Å². The SMILES string of the molecule is CCC(C)(CC1(C)CC1)[C@@H](C)SC. The van der Waals surface area contributed by atoms with E-state index < -0.39 is 0 Å². The van der Waals surface area contributed by atoms with Crippen molar-refractivity contribution in [1.82, 2.24) is 0 Å². The van der Waals surface area contributed by atoms with Gasteiger partial charge in [-0.25, -0.2) is 0 Å². The fraction of sp³-hybridized carbons (Fsp3) is 1.00. The van der Waals surface area contributed by atoms with Crippen LogP contribution in [0.3, 0.4) is 0 Å². The van der Waals surface area contributed by atoms with Crippen LogP contribution in [0.25, 0.3) is 0 Å². The highest BCUT2D eigenvalue weighted by Gasteiger charge is 2.44. The summed E-state index contributed by atoms with van der Waals surface area (Å²) < 4.78 is 0. The minimum Gasteiger partial charge on any atom is -0.162 e. The summed E-state index contributed by atoms with van der Waals surface area (Å²) in [7, 11) is 0. The molecular formula is C12H24S. The van der Waals surface area contributed by atoms with Gasteiger partial charge in [0.15, 0.2) is 0 Å². The van der Waals surface area contributed by atoms with Crippen LogP contribution in [0.2, 0.25) is 0 Å². The second kappa shape index (κ2) is 3.84.